The van der Waals surface area contributed by atoms with Crippen LogP contribution in [0.25, 0.3) is 0 Å². The van der Waals surface area contributed by atoms with E-state index in [0.29, 0.717) is 0 Å². The molecule has 1 aromatic heterocycles. The Hall–Kier alpha value is -2.29. The van der Waals surface area contributed by atoms with Crippen LogP contribution < -0.4 is 0 Å². The molecule has 100 valence electrons. The van der Waals surface area contributed by atoms with Crippen LogP contribution in [0.4, 0.5) is 5.69 Å². The van der Waals surface area contributed by atoms with Crippen LogP contribution in [0.2, 0.25) is 0 Å². The predicted octanol–water partition coefficient (Wildman–Crippen LogP) is 0.697. The molecule has 0 atom stereocenters. The maximum absolute atomic E-state index is 12.1. The molecule has 1 aromatic carbocycles. The zero-order valence-electron chi connectivity index (χ0n) is 9.92. The molecule has 2 rings (SSSR count). The van der Waals surface area contributed by atoms with Crippen LogP contribution in [0.3, 0.4) is 0 Å². The summed E-state index contributed by atoms with van der Waals surface area (Å²) in [4.78, 5) is 10.2. The summed E-state index contributed by atoms with van der Waals surface area (Å²) in [6, 6.07) is 5.71. The van der Waals surface area contributed by atoms with Gasteiger partial charge in [0.15, 0.2) is 0 Å². The summed E-state index contributed by atoms with van der Waals surface area (Å²) in [5.74, 6) is -0.489. The minimum atomic E-state index is -3.77. The molecule has 0 amide bonds. The highest BCUT2D eigenvalue weighted by atomic mass is 32.2. The molecule has 0 aliphatic rings. The third-order valence-corrected chi connectivity index (χ3v) is 4.10. The number of rotatable bonds is 4. The van der Waals surface area contributed by atoms with E-state index in [1.807, 2.05) is 0 Å². The molecule has 9 heteroatoms. The fourth-order valence-corrected chi connectivity index (χ4v) is 3.07. The maximum atomic E-state index is 12.1. The lowest BCUT2D eigenvalue weighted by molar-refractivity contribution is -0.385. The Labute approximate surface area is 108 Å². The van der Waals surface area contributed by atoms with Crippen molar-refractivity contribution in [1.29, 1.82) is 0 Å². The van der Waals surface area contributed by atoms with Crippen LogP contribution >= 0.6 is 0 Å². The van der Waals surface area contributed by atoms with E-state index in [2.05, 4.69) is 10.2 Å². The van der Waals surface area contributed by atoms with Crippen LogP contribution in [0.5, 0.6) is 0 Å². The Balaban J connectivity index is 2.42. The fourth-order valence-electron chi connectivity index (χ4n) is 1.63. The summed E-state index contributed by atoms with van der Waals surface area (Å²) in [5.41, 5.74) is -0.108. The molecule has 8 nitrogen and oxygen atoms in total. The third kappa shape index (κ3) is 2.60. The van der Waals surface area contributed by atoms with Crippen LogP contribution in [-0.4, -0.2) is 28.1 Å². The fraction of sp³-hybridized carbons (Fsp3) is 0.200. The van der Waals surface area contributed by atoms with Crippen molar-refractivity contribution in [2.24, 2.45) is 7.05 Å². The normalized spacial score (nSPS) is 11.4. The van der Waals surface area contributed by atoms with Crippen LogP contribution in [0, 0.1) is 10.1 Å². The van der Waals surface area contributed by atoms with Gasteiger partial charge in [0.05, 0.1) is 10.7 Å². The summed E-state index contributed by atoms with van der Waals surface area (Å²) in [6.07, 6.45) is 1.26. The van der Waals surface area contributed by atoms with Gasteiger partial charge in [-0.2, -0.15) is 0 Å². The van der Waals surface area contributed by atoms with E-state index in [0.717, 1.165) is 0 Å². The van der Waals surface area contributed by atoms with Gasteiger partial charge >= 0.3 is 0 Å². The highest BCUT2D eigenvalue weighted by molar-refractivity contribution is 7.90. The molecular formula is C10H10N4O4S. The van der Waals surface area contributed by atoms with Gasteiger partial charge in [-0.1, -0.05) is 18.2 Å². The van der Waals surface area contributed by atoms with E-state index in [4.69, 9.17) is 0 Å². The van der Waals surface area contributed by atoms with Crippen molar-refractivity contribution < 1.29 is 13.3 Å². The average molecular weight is 282 g/mol. The molecule has 0 unspecified atom stereocenters. The first-order valence-corrected chi connectivity index (χ1v) is 6.86. The molecule has 2 aromatic rings. The van der Waals surface area contributed by atoms with Gasteiger partial charge in [-0.05, 0) is 0 Å². The van der Waals surface area contributed by atoms with Crippen molar-refractivity contribution in [3.63, 3.8) is 0 Å². The quantitative estimate of drug-likeness (QED) is 0.603. The van der Waals surface area contributed by atoms with Crippen molar-refractivity contribution in [3.8, 4) is 0 Å². The highest BCUT2D eigenvalue weighted by Crippen LogP contribution is 2.22. The smallest absolute Gasteiger partial charge is 0.273 e. The Morgan fingerprint density at radius 3 is 2.63 bits per heavy atom. The number of nitro groups is 1. The first-order chi connectivity index (χ1) is 8.92. The van der Waals surface area contributed by atoms with E-state index in [1.165, 1.54) is 36.1 Å². The number of aromatic nitrogens is 3. The van der Waals surface area contributed by atoms with Gasteiger partial charge < -0.3 is 4.57 Å². The third-order valence-electron chi connectivity index (χ3n) is 2.48. The molecular weight excluding hydrogens is 272 g/mol. The lowest BCUT2D eigenvalue weighted by Gasteiger charge is -2.04. The minimum absolute atomic E-state index is 0.121. The Morgan fingerprint density at radius 1 is 1.37 bits per heavy atom. The summed E-state index contributed by atoms with van der Waals surface area (Å²) < 4.78 is 25.5. The number of hydrogen-bond acceptors (Lipinski definition) is 6. The molecule has 0 fully saturated rings. The largest absolute Gasteiger partial charge is 0.308 e. The average Bonchev–Trinajstić information content (AvgIpc) is 2.76. The summed E-state index contributed by atoms with van der Waals surface area (Å²) in [7, 11) is -2.28. The molecule has 0 radical (unpaired) electrons. The van der Waals surface area contributed by atoms with E-state index in [1.54, 1.807) is 6.07 Å². The van der Waals surface area contributed by atoms with E-state index < -0.39 is 20.5 Å². The molecule has 0 aliphatic carbocycles. The standard InChI is InChI=1S/C10H10N4O4S/c1-13-7-11-12-10(13)19(17,18)6-8-4-2-3-5-9(8)14(15)16/h2-5,7H,6H2,1H3. The van der Waals surface area contributed by atoms with E-state index in [9.17, 15) is 18.5 Å². The second-order valence-corrected chi connectivity index (χ2v) is 5.75. The molecule has 0 N–H and O–H groups in total. The monoisotopic (exact) mass is 282 g/mol. The number of para-hydroxylation sites is 1. The van der Waals surface area contributed by atoms with Crippen molar-refractivity contribution in [2.45, 2.75) is 10.9 Å². The SMILES string of the molecule is Cn1cnnc1S(=O)(=O)Cc1ccccc1[N+](=O)[O-]. The molecule has 1 heterocycles. The summed E-state index contributed by atoms with van der Waals surface area (Å²) in [6.45, 7) is 0. The summed E-state index contributed by atoms with van der Waals surface area (Å²) >= 11 is 0. The van der Waals surface area contributed by atoms with Gasteiger partial charge in [-0.25, -0.2) is 8.42 Å². The van der Waals surface area contributed by atoms with Gasteiger partial charge in [0, 0.05) is 18.7 Å². The zero-order chi connectivity index (χ0) is 14.0. The Morgan fingerprint density at radius 2 is 2.05 bits per heavy atom. The number of aryl methyl sites for hydroxylation is 1. The van der Waals surface area contributed by atoms with Crippen molar-refractivity contribution >= 4 is 15.5 Å². The minimum Gasteiger partial charge on any atom is -0.308 e. The van der Waals surface area contributed by atoms with E-state index in [-0.39, 0.29) is 16.4 Å². The second kappa shape index (κ2) is 4.76. The Kier molecular flexibility index (Phi) is 3.30. The zero-order valence-corrected chi connectivity index (χ0v) is 10.7. The van der Waals surface area contributed by atoms with Crippen molar-refractivity contribution in [1.82, 2.24) is 14.8 Å². The predicted molar refractivity (Wildman–Crippen MR) is 65.0 cm³/mol. The number of nitrogens with zero attached hydrogens (tertiary/aromatic N) is 4. The van der Waals surface area contributed by atoms with Gasteiger partial charge in [0.1, 0.15) is 6.33 Å². The van der Waals surface area contributed by atoms with Gasteiger partial charge in [-0.3, -0.25) is 10.1 Å². The summed E-state index contributed by atoms with van der Waals surface area (Å²) in [5, 5.41) is 17.6. The first kappa shape index (κ1) is 13.1. The molecule has 19 heavy (non-hydrogen) atoms. The van der Waals surface area contributed by atoms with Crippen LogP contribution in [-0.2, 0) is 22.6 Å². The molecule has 0 saturated heterocycles. The molecule has 0 bridgehead atoms. The first-order valence-electron chi connectivity index (χ1n) is 5.21. The maximum Gasteiger partial charge on any atom is 0.273 e. The second-order valence-electron chi connectivity index (χ2n) is 3.87. The molecule has 0 aliphatic heterocycles. The van der Waals surface area contributed by atoms with Gasteiger partial charge in [0.25, 0.3) is 5.69 Å². The van der Waals surface area contributed by atoms with Crippen molar-refractivity contribution in [2.75, 3.05) is 0 Å². The lowest BCUT2D eigenvalue weighted by Crippen LogP contribution is -2.11. The van der Waals surface area contributed by atoms with Gasteiger partial charge in [-0.15, -0.1) is 10.2 Å². The number of benzene rings is 1. The Bertz CT molecular complexity index is 723. The highest BCUT2D eigenvalue weighted by Gasteiger charge is 2.25. The molecule has 0 spiro atoms. The van der Waals surface area contributed by atoms with Crippen molar-refractivity contribution in [3.05, 3.63) is 46.3 Å². The van der Waals surface area contributed by atoms with Gasteiger partial charge in [0.2, 0.25) is 15.0 Å². The number of sulfone groups is 1. The number of nitro benzene ring substituents is 1. The lowest BCUT2D eigenvalue weighted by atomic mass is 10.2. The van der Waals surface area contributed by atoms with Crippen LogP contribution in [0.1, 0.15) is 5.56 Å². The van der Waals surface area contributed by atoms with E-state index >= 15 is 0 Å². The molecule has 0 saturated carbocycles. The topological polar surface area (TPSA) is 108 Å². The van der Waals surface area contributed by atoms with Crippen LogP contribution in [0.15, 0.2) is 35.7 Å². The number of hydrogen-bond donors (Lipinski definition) is 0.